The van der Waals surface area contributed by atoms with Gasteiger partial charge in [0.25, 0.3) is 0 Å². The lowest BCUT2D eigenvalue weighted by Gasteiger charge is -2.11. The molecule has 1 aliphatic heterocycles. The first-order chi connectivity index (χ1) is 7.69. The number of halogens is 1. The Morgan fingerprint density at radius 3 is 3.06 bits per heavy atom. The second-order valence-electron chi connectivity index (χ2n) is 3.47. The molecule has 0 spiro atoms. The highest BCUT2D eigenvalue weighted by atomic mass is 79.9. The SMILES string of the molecule is COc1cc(C(=O)CN)c(Br)c2c1OCC2. The molecule has 0 amide bonds. The van der Waals surface area contributed by atoms with Crippen LogP contribution in [0.2, 0.25) is 0 Å². The Kier molecular flexibility index (Phi) is 3.16. The molecule has 16 heavy (non-hydrogen) atoms. The molecule has 0 fully saturated rings. The molecule has 1 heterocycles. The van der Waals surface area contributed by atoms with Gasteiger partial charge in [-0.1, -0.05) is 0 Å². The van der Waals surface area contributed by atoms with Crippen LogP contribution in [0, 0.1) is 0 Å². The largest absolute Gasteiger partial charge is 0.493 e. The number of hydrogen-bond donors (Lipinski definition) is 1. The van der Waals surface area contributed by atoms with Gasteiger partial charge in [0, 0.05) is 22.0 Å². The Hall–Kier alpha value is -1.07. The van der Waals surface area contributed by atoms with Crippen LogP contribution in [0.15, 0.2) is 10.5 Å². The first-order valence-electron chi connectivity index (χ1n) is 4.94. The number of carbonyl (C=O) groups is 1. The summed E-state index contributed by atoms with van der Waals surface area (Å²) in [5.74, 6) is 1.20. The van der Waals surface area contributed by atoms with Crippen LogP contribution in [0.4, 0.5) is 0 Å². The van der Waals surface area contributed by atoms with Crippen LogP contribution in [0.25, 0.3) is 0 Å². The van der Waals surface area contributed by atoms with E-state index in [9.17, 15) is 4.79 Å². The molecule has 0 unspecified atom stereocenters. The standard InChI is InChI=1S/C11H12BrNO3/c1-15-9-4-7(8(14)5-13)10(12)6-2-3-16-11(6)9/h4H,2-3,5,13H2,1H3. The lowest BCUT2D eigenvalue weighted by Crippen LogP contribution is -2.14. The summed E-state index contributed by atoms with van der Waals surface area (Å²) >= 11 is 3.43. The second-order valence-corrected chi connectivity index (χ2v) is 4.27. The highest BCUT2D eigenvalue weighted by Crippen LogP contribution is 2.42. The molecule has 5 heteroatoms. The van der Waals surface area contributed by atoms with Crippen molar-refractivity contribution in [1.82, 2.24) is 0 Å². The summed E-state index contributed by atoms with van der Waals surface area (Å²) in [5, 5.41) is 0. The fourth-order valence-electron chi connectivity index (χ4n) is 1.77. The van der Waals surface area contributed by atoms with E-state index in [2.05, 4.69) is 15.9 Å². The molecule has 0 aromatic heterocycles. The van der Waals surface area contributed by atoms with E-state index in [4.69, 9.17) is 15.2 Å². The monoisotopic (exact) mass is 285 g/mol. The van der Waals surface area contributed by atoms with Gasteiger partial charge < -0.3 is 15.2 Å². The van der Waals surface area contributed by atoms with Crippen LogP contribution in [-0.2, 0) is 6.42 Å². The first-order valence-corrected chi connectivity index (χ1v) is 5.73. The molecule has 0 aliphatic carbocycles. The number of hydrogen-bond acceptors (Lipinski definition) is 4. The number of methoxy groups -OCH3 is 1. The molecular formula is C11H12BrNO3. The third-order valence-corrected chi connectivity index (χ3v) is 3.48. The molecule has 0 saturated carbocycles. The number of benzene rings is 1. The van der Waals surface area contributed by atoms with Crippen molar-refractivity contribution >= 4 is 21.7 Å². The molecule has 1 aliphatic rings. The van der Waals surface area contributed by atoms with Crippen LogP contribution >= 0.6 is 15.9 Å². The summed E-state index contributed by atoms with van der Waals surface area (Å²) < 4.78 is 11.5. The minimum atomic E-state index is -0.111. The molecule has 0 atom stereocenters. The first kappa shape index (κ1) is 11.4. The number of nitrogens with two attached hydrogens (primary N) is 1. The summed E-state index contributed by atoms with van der Waals surface area (Å²) in [6.45, 7) is 0.603. The zero-order chi connectivity index (χ0) is 11.7. The van der Waals surface area contributed by atoms with Gasteiger partial charge in [0.1, 0.15) is 0 Å². The average molecular weight is 286 g/mol. The van der Waals surface area contributed by atoms with Crippen molar-refractivity contribution in [2.24, 2.45) is 5.73 Å². The van der Waals surface area contributed by atoms with E-state index in [1.165, 1.54) is 0 Å². The quantitative estimate of drug-likeness (QED) is 0.856. The van der Waals surface area contributed by atoms with E-state index in [1.54, 1.807) is 13.2 Å². The summed E-state index contributed by atoms with van der Waals surface area (Å²) in [4.78, 5) is 11.7. The number of ether oxygens (including phenoxy) is 2. The molecule has 4 nitrogen and oxygen atoms in total. The predicted octanol–water partition coefficient (Wildman–Crippen LogP) is 1.53. The van der Waals surface area contributed by atoms with Crippen molar-refractivity contribution in [1.29, 1.82) is 0 Å². The smallest absolute Gasteiger partial charge is 0.177 e. The Morgan fingerprint density at radius 1 is 1.69 bits per heavy atom. The van der Waals surface area contributed by atoms with E-state index in [0.717, 1.165) is 22.2 Å². The van der Waals surface area contributed by atoms with Crippen LogP contribution in [-0.4, -0.2) is 26.0 Å². The lowest BCUT2D eigenvalue weighted by molar-refractivity contribution is 0.1000. The van der Waals surface area contributed by atoms with Gasteiger partial charge in [-0.3, -0.25) is 4.79 Å². The Labute approximate surface area is 102 Å². The van der Waals surface area contributed by atoms with Crippen molar-refractivity contribution in [3.8, 4) is 11.5 Å². The van der Waals surface area contributed by atoms with E-state index in [0.29, 0.717) is 17.9 Å². The fraction of sp³-hybridized carbons (Fsp3) is 0.364. The van der Waals surface area contributed by atoms with E-state index < -0.39 is 0 Å². The number of rotatable bonds is 3. The van der Waals surface area contributed by atoms with E-state index in [-0.39, 0.29) is 12.3 Å². The van der Waals surface area contributed by atoms with Crippen molar-refractivity contribution < 1.29 is 14.3 Å². The van der Waals surface area contributed by atoms with Crippen LogP contribution in [0.5, 0.6) is 11.5 Å². The molecule has 0 radical (unpaired) electrons. The zero-order valence-electron chi connectivity index (χ0n) is 8.88. The summed E-state index contributed by atoms with van der Waals surface area (Å²) in [7, 11) is 1.56. The van der Waals surface area contributed by atoms with Gasteiger partial charge in [0.05, 0.1) is 20.3 Å². The Bertz CT molecular complexity index is 445. The highest BCUT2D eigenvalue weighted by Gasteiger charge is 2.24. The highest BCUT2D eigenvalue weighted by molar-refractivity contribution is 9.10. The maximum atomic E-state index is 11.7. The number of carbonyl (C=O) groups excluding carboxylic acids is 1. The normalized spacial score (nSPS) is 13.2. The van der Waals surface area contributed by atoms with Gasteiger partial charge in [-0.2, -0.15) is 0 Å². The maximum Gasteiger partial charge on any atom is 0.177 e. The number of ketones is 1. The van der Waals surface area contributed by atoms with Crippen LogP contribution in [0.1, 0.15) is 15.9 Å². The molecular weight excluding hydrogens is 274 g/mol. The maximum absolute atomic E-state index is 11.7. The minimum absolute atomic E-state index is 0.0125. The van der Waals surface area contributed by atoms with Crippen molar-refractivity contribution in [3.63, 3.8) is 0 Å². The molecule has 1 aromatic rings. The topological polar surface area (TPSA) is 61.5 Å². The number of Topliss-reactive ketones (excluding diaryl/α,β-unsaturated/α-hetero) is 1. The van der Waals surface area contributed by atoms with Gasteiger partial charge in [-0.25, -0.2) is 0 Å². The number of fused-ring (bicyclic) bond motifs is 1. The van der Waals surface area contributed by atoms with Crippen molar-refractivity contribution in [2.45, 2.75) is 6.42 Å². The molecule has 2 N–H and O–H groups in total. The predicted molar refractivity (Wildman–Crippen MR) is 63.3 cm³/mol. The summed E-state index contributed by atoms with van der Waals surface area (Å²) in [6, 6.07) is 1.67. The van der Waals surface area contributed by atoms with Gasteiger partial charge in [-0.05, 0) is 22.0 Å². The molecule has 0 bridgehead atoms. The Morgan fingerprint density at radius 2 is 2.44 bits per heavy atom. The van der Waals surface area contributed by atoms with Gasteiger partial charge in [0.2, 0.25) is 0 Å². The van der Waals surface area contributed by atoms with Crippen LogP contribution in [0.3, 0.4) is 0 Å². The third-order valence-electron chi connectivity index (χ3n) is 2.58. The third kappa shape index (κ3) is 1.70. The summed E-state index contributed by atoms with van der Waals surface area (Å²) in [5.41, 5.74) is 6.91. The van der Waals surface area contributed by atoms with Crippen molar-refractivity contribution in [3.05, 3.63) is 21.7 Å². The molecule has 0 saturated heterocycles. The van der Waals surface area contributed by atoms with Gasteiger partial charge >= 0.3 is 0 Å². The van der Waals surface area contributed by atoms with Gasteiger partial charge in [0.15, 0.2) is 17.3 Å². The fourth-order valence-corrected chi connectivity index (χ4v) is 2.49. The molecule has 2 rings (SSSR count). The second kappa shape index (κ2) is 4.43. The molecule has 86 valence electrons. The Balaban J connectivity index is 2.60. The minimum Gasteiger partial charge on any atom is -0.493 e. The lowest BCUT2D eigenvalue weighted by atomic mass is 10.0. The van der Waals surface area contributed by atoms with E-state index >= 15 is 0 Å². The zero-order valence-corrected chi connectivity index (χ0v) is 10.5. The van der Waals surface area contributed by atoms with Crippen LogP contribution < -0.4 is 15.2 Å². The van der Waals surface area contributed by atoms with Gasteiger partial charge in [-0.15, -0.1) is 0 Å². The average Bonchev–Trinajstić information content (AvgIpc) is 2.78. The van der Waals surface area contributed by atoms with Crippen molar-refractivity contribution in [2.75, 3.05) is 20.3 Å². The summed E-state index contributed by atoms with van der Waals surface area (Å²) in [6.07, 6.45) is 0.776. The van der Waals surface area contributed by atoms with E-state index in [1.807, 2.05) is 0 Å². The molecule has 1 aromatic carbocycles.